The highest BCUT2D eigenvalue weighted by atomic mass is 16.4. The first-order valence-corrected chi connectivity index (χ1v) is 6.03. The van der Waals surface area contributed by atoms with E-state index in [9.17, 15) is 9.59 Å². The molecule has 0 aliphatic heterocycles. The molecular weight excluding hydrogens is 248 g/mol. The maximum Gasteiger partial charge on any atom is 0.372 e. The summed E-state index contributed by atoms with van der Waals surface area (Å²) in [6, 6.07) is 1.68. The van der Waals surface area contributed by atoms with Crippen LogP contribution < -0.4 is 10.6 Å². The number of nitrogens with one attached hydrogen (secondary N) is 2. The predicted molar refractivity (Wildman–Crippen MR) is 70.0 cm³/mol. The number of hydrogen-bond donors (Lipinski definition) is 3. The molecule has 0 aliphatic rings. The summed E-state index contributed by atoms with van der Waals surface area (Å²) >= 11 is 0. The summed E-state index contributed by atoms with van der Waals surface area (Å²) in [5.41, 5.74) is 0.0568. The lowest BCUT2D eigenvalue weighted by Crippen LogP contribution is -2.41. The van der Waals surface area contributed by atoms with Crippen molar-refractivity contribution in [2.24, 2.45) is 5.41 Å². The zero-order valence-electron chi connectivity index (χ0n) is 11.7. The molecule has 1 heterocycles. The Bertz CT molecular complexity index is 477. The Morgan fingerprint density at radius 2 is 2.05 bits per heavy atom. The maximum absolute atomic E-state index is 11.6. The van der Waals surface area contributed by atoms with Crippen LogP contribution in [0.5, 0.6) is 0 Å². The summed E-state index contributed by atoms with van der Waals surface area (Å²) in [7, 11) is 1.60. The average molecular weight is 268 g/mol. The zero-order chi connectivity index (χ0) is 14.6. The van der Waals surface area contributed by atoms with Gasteiger partial charge in [0.15, 0.2) is 0 Å². The highest BCUT2D eigenvalue weighted by Crippen LogP contribution is 2.16. The van der Waals surface area contributed by atoms with Gasteiger partial charge in [-0.2, -0.15) is 0 Å². The highest BCUT2D eigenvalue weighted by Gasteiger charge is 2.26. The second-order valence-corrected chi connectivity index (χ2v) is 5.10. The third-order valence-electron chi connectivity index (χ3n) is 2.87. The quantitative estimate of drug-likeness (QED) is 0.720. The van der Waals surface area contributed by atoms with Gasteiger partial charge in [0.2, 0.25) is 11.7 Å². The minimum Gasteiger partial charge on any atom is -0.475 e. The second-order valence-electron chi connectivity index (χ2n) is 5.10. The summed E-state index contributed by atoms with van der Waals surface area (Å²) in [6.45, 7) is 6.19. The van der Waals surface area contributed by atoms with Crippen LogP contribution in [0.4, 0.5) is 0 Å². The first kappa shape index (κ1) is 15.2. The van der Waals surface area contributed by atoms with E-state index in [-0.39, 0.29) is 11.7 Å². The molecule has 0 bridgehead atoms. The number of aryl methyl sites for hydroxylation is 1. The van der Waals surface area contributed by atoms with Gasteiger partial charge in [0.1, 0.15) is 5.76 Å². The van der Waals surface area contributed by atoms with Crippen molar-refractivity contribution in [2.45, 2.75) is 27.3 Å². The Kier molecular flexibility index (Phi) is 4.72. The molecule has 6 heteroatoms. The number of amides is 1. The molecule has 0 unspecified atom stereocenters. The van der Waals surface area contributed by atoms with Crippen LogP contribution in [-0.2, 0) is 11.3 Å². The molecule has 3 N–H and O–H groups in total. The van der Waals surface area contributed by atoms with Gasteiger partial charge in [-0.1, -0.05) is 0 Å². The SMILES string of the molecule is CNC(=O)C(C)(C)CNCc1cc(C)c(C(=O)O)o1. The molecule has 0 saturated heterocycles. The third-order valence-corrected chi connectivity index (χ3v) is 2.87. The lowest BCUT2D eigenvalue weighted by atomic mass is 9.92. The number of carboxylic acids is 1. The molecule has 0 aromatic carbocycles. The van der Waals surface area contributed by atoms with Crippen molar-refractivity contribution in [3.63, 3.8) is 0 Å². The fourth-order valence-electron chi connectivity index (χ4n) is 1.76. The van der Waals surface area contributed by atoms with Crippen LogP contribution in [0.1, 0.15) is 35.7 Å². The molecule has 0 aliphatic carbocycles. The molecule has 0 fully saturated rings. The topological polar surface area (TPSA) is 91.6 Å². The van der Waals surface area contributed by atoms with Crippen LogP contribution in [-0.4, -0.2) is 30.6 Å². The Hall–Kier alpha value is -1.82. The van der Waals surface area contributed by atoms with E-state index >= 15 is 0 Å². The van der Waals surface area contributed by atoms with Crippen LogP contribution in [0.3, 0.4) is 0 Å². The fourth-order valence-corrected chi connectivity index (χ4v) is 1.76. The number of rotatable bonds is 6. The van der Waals surface area contributed by atoms with Gasteiger partial charge in [-0.25, -0.2) is 4.79 Å². The summed E-state index contributed by atoms with van der Waals surface area (Å²) in [4.78, 5) is 22.4. The molecule has 0 radical (unpaired) electrons. The second kappa shape index (κ2) is 5.88. The van der Waals surface area contributed by atoms with E-state index in [1.807, 2.05) is 13.8 Å². The summed E-state index contributed by atoms with van der Waals surface area (Å²) in [5, 5.41) is 14.6. The van der Waals surface area contributed by atoms with Crippen molar-refractivity contribution in [1.82, 2.24) is 10.6 Å². The number of carboxylic acid groups (broad SMARTS) is 1. The van der Waals surface area contributed by atoms with Gasteiger partial charge in [0, 0.05) is 19.2 Å². The van der Waals surface area contributed by atoms with E-state index in [0.717, 1.165) is 0 Å². The van der Waals surface area contributed by atoms with Crippen molar-refractivity contribution in [3.8, 4) is 0 Å². The zero-order valence-corrected chi connectivity index (χ0v) is 11.7. The number of hydrogen-bond acceptors (Lipinski definition) is 4. The monoisotopic (exact) mass is 268 g/mol. The molecule has 0 atom stereocenters. The lowest BCUT2D eigenvalue weighted by molar-refractivity contribution is -0.128. The average Bonchev–Trinajstić information content (AvgIpc) is 2.69. The van der Waals surface area contributed by atoms with E-state index in [1.54, 1.807) is 20.0 Å². The molecule has 106 valence electrons. The maximum atomic E-state index is 11.6. The molecular formula is C13H20N2O4. The minimum absolute atomic E-state index is 0.0395. The largest absolute Gasteiger partial charge is 0.475 e. The number of furan rings is 1. The van der Waals surface area contributed by atoms with Crippen LogP contribution in [0.15, 0.2) is 10.5 Å². The van der Waals surface area contributed by atoms with Crippen LogP contribution in [0, 0.1) is 12.3 Å². The molecule has 19 heavy (non-hydrogen) atoms. The number of aromatic carboxylic acids is 1. The van der Waals surface area contributed by atoms with Crippen molar-refractivity contribution < 1.29 is 19.1 Å². The lowest BCUT2D eigenvalue weighted by Gasteiger charge is -2.22. The van der Waals surface area contributed by atoms with Crippen LogP contribution in [0.2, 0.25) is 0 Å². The summed E-state index contributed by atoms with van der Waals surface area (Å²) in [6.07, 6.45) is 0. The Morgan fingerprint density at radius 3 is 2.53 bits per heavy atom. The van der Waals surface area contributed by atoms with Gasteiger partial charge < -0.3 is 20.2 Å². The first-order chi connectivity index (χ1) is 8.77. The molecule has 1 amide bonds. The molecule has 1 aromatic heterocycles. The Labute approximate surface area is 112 Å². The molecule has 1 rings (SSSR count). The van der Waals surface area contributed by atoms with Crippen molar-refractivity contribution in [3.05, 3.63) is 23.2 Å². The van der Waals surface area contributed by atoms with Gasteiger partial charge in [0.25, 0.3) is 0 Å². The van der Waals surface area contributed by atoms with E-state index in [0.29, 0.717) is 24.4 Å². The summed E-state index contributed by atoms with van der Waals surface area (Å²) in [5.74, 6) is -0.624. The third kappa shape index (κ3) is 3.82. The molecule has 0 spiro atoms. The Balaban J connectivity index is 2.56. The van der Waals surface area contributed by atoms with Crippen LogP contribution >= 0.6 is 0 Å². The normalized spacial score (nSPS) is 11.4. The predicted octanol–water partition coefficient (Wildman–Crippen LogP) is 1.15. The summed E-state index contributed by atoms with van der Waals surface area (Å²) < 4.78 is 5.21. The van der Waals surface area contributed by atoms with Crippen LogP contribution in [0.25, 0.3) is 0 Å². The highest BCUT2D eigenvalue weighted by molar-refractivity contribution is 5.86. The Morgan fingerprint density at radius 1 is 1.42 bits per heavy atom. The van der Waals surface area contributed by atoms with Gasteiger partial charge >= 0.3 is 5.97 Å². The number of carbonyl (C=O) groups is 2. The smallest absolute Gasteiger partial charge is 0.372 e. The number of carbonyl (C=O) groups excluding carboxylic acids is 1. The van der Waals surface area contributed by atoms with Gasteiger partial charge in [-0.15, -0.1) is 0 Å². The first-order valence-electron chi connectivity index (χ1n) is 6.03. The molecule has 0 saturated carbocycles. The molecule has 1 aromatic rings. The van der Waals surface area contributed by atoms with Gasteiger partial charge in [-0.3, -0.25) is 4.79 Å². The van der Waals surface area contributed by atoms with E-state index in [1.165, 1.54) is 0 Å². The van der Waals surface area contributed by atoms with E-state index < -0.39 is 11.4 Å². The molecule has 6 nitrogen and oxygen atoms in total. The standard InChI is InChI=1S/C13H20N2O4/c1-8-5-9(19-10(8)11(16)17)6-15-7-13(2,3)12(18)14-4/h5,15H,6-7H2,1-4H3,(H,14,18)(H,16,17). The van der Waals surface area contributed by atoms with Crippen molar-refractivity contribution in [2.75, 3.05) is 13.6 Å². The van der Waals surface area contributed by atoms with Crippen molar-refractivity contribution in [1.29, 1.82) is 0 Å². The van der Waals surface area contributed by atoms with E-state index in [4.69, 9.17) is 9.52 Å². The fraction of sp³-hybridized carbons (Fsp3) is 0.538. The van der Waals surface area contributed by atoms with Gasteiger partial charge in [-0.05, 0) is 26.8 Å². The van der Waals surface area contributed by atoms with Crippen molar-refractivity contribution >= 4 is 11.9 Å². The van der Waals surface area contributed by atoms with E-state index in [2.05, 4.69) is 10.6 Å². The minimum atomic E-state index is -1.07. The van der Waals surface area contributed by atoms with Gasteiger partial charge in [0.05, 0.1) is 12.0 Å².